The number of hydrogen-bond donors (Lipinski definition) is 2. The Balaban J connectivity index is 3.83. The van der Waals surface area contributed by atoms with Gasteiger partial charge in [-0.15, -0.1) is 0 Å². The van der Waals surface area contributed by atoms with Crippen molar-refractivity contribution >= 4 is 20.2 Å². The Labute approximate surface area is 123 Å². The van der Waals surface area contributed by atoms with E-state index in [1.54, 1.807) is 0 Å². The summed E-state index contributed by atoms with van der Waals surface area (Å²) in [7, 11) is -1.67. The number of hydrogen-bond acceptors (Lipinski definition) is 3. The lowest BCUT2D eigenvalue weighted by atomic mass is 10.2. The van der Waals surface area contributed by atoms with Crippen LogP contribution in [-0.2, 0) is 14.0 Å². The molecule has 0 aromatic heterocycles. The number of aliphatic carboxylic acids is 1. The van der Waals surface area contributed by atoms with E-state index in [1.807, 2.05) is 6.92 Å². The van der Waals surface area contributed by atoms with Crippen LogP contribution in [0.5, 0.6) is 0 Å². The van der Waals surface area contributed by atoms with E-state index in [0.29, 0.717) is 18.5 Å². The minimum atomic E-state index is -1.67. The molecular formula is C14H29NO4Si. The van der Waals surface area contributed by atoms with Crippen molar-refractivity contribution in [3.8, 4) is 0 Å². The topological polar surface area (TPSA) is 75.6 Å². The normalized spacial score (nSPS) is 14.1. The highest BCUT2D eigenvalue weighted by atomic mass is 28.4. The molecule has 0 aromatic rings. The first-order chi connectivity index (χ1) is 9.31. The predicted octanol–water partition coefficient (Wildman–Crippen LogP) is 2.77. The number of carbonyl (C=O) groups excluding carboxylic acids is 1. The molecule has 0 bridgehead atoms. The van der Waals surface area contributed by atoms with E-state index in [4.69, 9.17) is 9.53 Å². The third-order valence-electron chi connectivity index (χ3n) is 3.66. The summed E-state index contributed by atoms with van der Waals surface area (Å²) in [4.78, 5) is 21.8. The molecule has 0 spiro atoms. The van der Waals surface area contributed by atoms with Crippen molar-refractivity contribution in [3.63, 3.8) is 0 Å². The molecule has 6 heteroatoms. The summed E-state index contributed by atoms with van der Waals surface area (Å²) in [5, 5.41) is 11.3. The second-order valence-electron chi connectivity index (χ2n) is 5.60. The van der Waals surface area contributed by atoms with Gasteiger partial charge in [-0.05, 0) is 37.9 Å². The zero-order valence-corrected chi connectivity index (χ0v) is 14.2. The van der Waals surface area contributed by atoms with Gasteiger partial charge in [0.15, 0.2) is 8.32 Å². The summed E-state index contributed by atoms with van der Waals surface area (Å²) in [6.45, 7) is 10.1. The number of amides is 1. The van der Waals surface area contributed by atoms with Crippen molar-refractivity contribution in [2.24, 2.45) is 0 Å². The molecule has 0 saturated heterocycles. The molecule has 1 unspecified atom stereocenters. The number of rotatable bonds is 11. The third kappa shape index (κ3) is 8.32. The Morgan fingerprint density at radius 1 is 1.25 bits per heavy atom. The lowest BCUT2D eigenvalue weighted by Crippen LogP contribution is -2.39. The van der Waals surface area contributed by atoms with E-state index in [2.05, 4.69) is 25.7 Å². The SMILES string of the molecule is CCO[Si](C)(CCCNC(=O)CCCC(=O)O)C(C)C. The average molecular weight is 303 g/mol. The van der Waals surface area contributed by atoms with Crippen molar-refractivity contribution in [3.05, 3.63) is 0 Å². The van der Waals surface area contributed by atoms with Gasteiger partial charge < -0.3 is 14.8 Å². The Bertz CT molecular complexity index is 310. The van der Waals surface area contributed by atoms with Crippen LogP contribution in [0.1, 0.15) is 46.5 Å². The molecule has 1 atom stereocenters. The summed E-state index contributed by atoms with van der Waals surface area (Å²) in [5.41, 5.74) is 0.564. The van der Waals surface area contributed by atoms with Crippen molar-refractivity contribution in [1.82, 2.24) is 5.32 Å². The van der Waals surface area contributed by atoms with Crippen LogP contribution in [0.25, 0.3) is 0 Å². The second kappa shape index (κ2) is 9.93. The van der Waals surface area contributed by atoms with Gasteiger partial charge in [-0.25, -0.2) is 0 Å². The maximum atomic E-state index is 11.5. The molecule has 0 aliphatic rings. The number of nitrogens with one attached hydrogen (secondary N) is 1. The maximum absolute atomic E-state index is 11.5. The highest BCUT2D eigenvalue weighted by Crippen LogP contribution is 2.27. The van der Waals surface area contributed by atoms with Crippen LogP contribution in [0.2, 0.25) is 18.1 Å². The van der Waals surface area contributed by atoms with Gasteiger partial charge in [0.25, 0.3) is 0 Å². The molecule has 0 heterocycles. The van der Waals surface area contributed by atoms with Crippen molar-refractivity contribution < 1.29 is 19.1 Å². The molecule has 0 aliphatic heterocycles. The Morgan fingerprint density at radius 2 is 1.90 bits per heavy atom. The van der Waals surface area contributed by atoms with Gasteiger partial charge in [-0.1, -0.05) is 13.8 Å². The monoisotopic (exact) mass is 303 g/mol. The van der Waals surface area contributed by atoms with Gasteiger partial charge in [0.2, 0.25) is 5.91 Å². The Kier molecular flexibility index (Phi) is 9.49. The fourth-order valence-corrected chi connectivity index (χ4v) is 4.61. The van der Waals surface area contributed by atoms with Gasteiger partial charge >= 0.3 is 5.97 Å². The summed E-state index contributed by atoms with van der Waals surface area (Å²) >= 11 is 0. The fourth-order valence-electron chi connectivity index (χ4n) is 2.01. The van der Waals surface area contributed by atoms with Crippen LogP contribution in [0.4, 0.5) is 0 Å². The van der Waals surface area contributed by atoms with Crippen LogP contribution >= 0.6 is 0 Å². The first-order valence-electron chi connectivity index (χ1n) is 7.44. The van der Waals surface area contributed by atoms with Crippen LogP contribution in [0.15, 0.2) is 0 Å². The van der Waals surface area contributed by atoms with E-state index in [9.17, 15) is 9.59 Å². The molecule has 0 aromatic carbocycles. The molecule has 118 valence electrons. The van der Waals surface area contributed by atoms with Crippen LogP contribution in [-0.4, -0.2) is 38.5 Å². The standard InChI is InChI=1S/C14H29NO4Si/c1-5-19-20(4,12(2)3)11-7-10-15-13(16)8-6-9-14(17)18/h12H,5-11H2,1-4H3,(H,15,16)(H,17,18). The quantitative estimate of drug-likeness (QED) is 0.454. The molecule has 20 heavy (non-hydrogen) atoms. The second-order valence-corrected chi connectivity index (χ2v) is 10.2. The largest absolute Gasteiger partial charge is 0.481 e. The van der Waals surface area contributed by atoms with Crippen molar-refractivity contribution in [2.75, 3.05) is 13.2 Å². The lowest BCUT2D eigenvalue weighted by molar-refractivity contribution is -0.137. The molecule has 1 amide bonds. The molecule has 0 rings (SSSR count). The van der Waals surface area contributed by atoms with Gasteiger partial charge in [0, 0.05) is 26.0 Å². The van der Waals surface area contributed by atoms with Gasteiger partial charge in [-0.3, -0.25) is 9.59 Å². The third-order valence-corrected chi connectivity index (χ3v) is 8.40. The zero-order chi connectivity index (χ0) is 15.6. The smallest absolute Gasteiger partial charge is 0.303 e. The van der Waals surface area contributed by atoms with Crippen LogP contribution < -0.4 is 5.32 Å². The van der Waals surface area contributed by atoms with Gasteiger partial charge in [0.05, 0.1) is 0 Å². The molecule has 0 saturated carbocycles. The van der Waals surface area contributed by atoms with Crippen molar-refractivity contribution in [2.45, 2.75) is 64.6 Å². The summed E-state index contributed by atoms with van der Waals surface area (Å²) in [5.74, 6) is -0.913. The summed E-state index contributed by atoms with van der Waals surface area (Å²) in [6, 6.07) is 1.04. The van der Waals surface area contributed by atoms with E-state index in [1.165, 1.54) is 0 Å². The number of carboxylic acid groups (broad SMARTS) is 1. The first kappa shape index (κ1) is 19.1. The number of carboxylic acids is 1. The van der Waals surface area contributed by atoms with E-state index in [0.717, 1.165) is 19.1 Å². The summed E-state index contributed by atoms with van der Waals surface area (Å²) < 4.78 is 5.95. The minimum Gasteiger partial charge on any atom is -0.481 e. The molecule has 0 aliphatic carbocycles. The highest BCUT2D eigenvalue weighted by Gasteiger charge is 2.31. The van der Waals surface area contributed by atoms with E-state index >= 15 is 0 Å². The lowest BCUT2D eigenvalue weighted by Gasteiger charge is -2.31. The van der Waals surface area contributed by atoms with Crippen molar-refractivity contribution in [1.29, 1.82) is 0 Å². The minimum absolute atomic E-state index is 0.0517. The first-order valence-corrected chi connectivity index (χ1v) is 10.1. The van der Waals surface area contributed by atoms with Gasteiger partial charge in [0.1, 0.15) is 0 Å². The molecule has 5 nitrogen and oxygen atoms in total. The number of carbonyl (C=O) groups is 2. The summed E-state index contributed by atoms with van der Waals surface area (Å²) in [6.07, 6.45) is 1.66. The van der Waals surface area contributed by atoms with Crippen LogP contribution in [0.3, 0.4) is 0 Å². The van der Waals surface area contributed by atoms with E-state index in [-0.39, 0.29) is 18.7 Å². The van der Waals surface area contributed by atoms with E-state index < -0.39 is 14.3 Å². The van der Waals surface area contributed by atoms with Crippen LogP contribution in [0, 0.1) is 0 Å². The fraction of sp³-hybridized carbons (Fsp3) is 0.857. The Morgan fingerprint density at radius 3 is 2.40 bits per heavy atom. The zero-order valence-electron chi connectivity index (χ0n) is 13.2. The molecule has 0 fully saturated rings. The molecule has 2 N–H and O–H groups in total. The average Bonchev–Trinajstić information content (AvgIpc) is 2.34. The highest BCUT2D eigenvalue weighted by molar-refractivity contribution is 6.73. The predicted molar refractivity (Wildman–Crippen MR) is 82.3 cm³/mol. The molecule has 0 radical (unpaired) electrons. The van der Waals surface area contributed by atoms with Gasteiger partial charge in [-0.2, -0.15) is 0 Å². The molecular weight excluding hydrogens is 274 g/mol. The maximum Gasteiger partial charge on any atom is 0.303 e. The Hall–Kier alpha value is -0.883.